The fourth-order valence-electron chi connectivity index (χ4n) is 0.542. The summed E-state index contributed by atoms with van der Waals surface area (Å²) in [6, 6.07) is 0. The second-order valence-corrected chi connectivity index (χ2v) is 2.53. The lowest BCUT2D eigenvalue weighted by Crippen LogP contribution is -1.84. The number of rotatable bonds is 1. The Hall–Kier alpha value is 0.0500. The molecule has 0 spiro atoms. The minimum absolute atomic E-state index is 0.257. The molecule has 0 amide bonds. The summed E-state index contributed by atoms with van der Waals surface area (Å²) in [6.07, 6.45) is 1.08. The molecule has 0 bridgehead atoms. The van der Waals surface area contributed by atoms with Gasteiger partial charge < -0.3 is 5.11 Å². The topological polar surface area (TPSA) is 20.2 Å². The highest BCUT2D eigenvalue weighted by Crippen LogP contribution is 2.20. The summed E-state index contributed by atoms with van der Waals surface area (Å²) < 4.78 is 0. The van der Waals surface area contributed by atoms with E-state index in [-0.39, 0.29) is 6.61 Å². The first-order chi connectivity index (χ1) is 3.43. The molecule has 0 radical (unpaired) electrons. The third-order valence-corrected chi connectivity index (χ3v) is 1.93. The second kappa shape index (κ2) is 2.38. The molecule has 1 nitrogen and oxygen atoms in total. The van der Waals surface area contributed by atoms with Crippen molar-refractivity contribution >= 4 is 11.8 Å². The zero-order valence-electron chi connectivity index (χ0n) is 4.05. The number of hydrogen-bond acceptors (Lipinski definition) is 2. The zero-order chi connectivity index (χ0) is 5.11. The van der Waals surface area contributed by atoms with Crippen molar-refractivity contribution in [3.05, 3.63) is 11.0 Å². The summed E-state index contributed by atoms with van der Waals surface area (Å²) >= 11 is 1.78. The average molecular weight is 116 g/mol. The van der Waals surface area contributed by atoms with Crippen molar-refractivity contribution in [2.24, 2.45) is 0 Å². The Morgan fingerprint density at radius 2 is 2.71 bits per heavy atom. The zero-order valence-corrected chi connectivity index (χ0v) is 4.87. The van der Waals surface area contributed by atoms with Gasteiger partial charge in [-0.05, 0) is 17.4 Å². The van der Waals surface area contributed by atoms with Crippen LogP contribution in [-0.2, 0) is 0 Å². The Labute approximate surface area is 47.4 Å². The third kappa shape index (κ3) is 1.21. The molecule has 0 aromatic carbocycles. The van der Waals surface area contributed by atoms with Gasteiger partial charge >= 0.3 is 0 Å². The van der Waals surface area contributed by atoms with Crippen molar-refractivity contribution in [2.75, 3.05) is 12.4 Å². The first-order valence-corrected chi connectivity index (χ1v) is 3.39. The van der Waals surface area contributed by atoms with Gasteiger partial charge in [0.25, 0.3) is 0 Å². The van der Waals surface area contributed by atoms with Crippen molar-refractivity contribution in [2.45, 2.75) is 6.42 Å². The standard InChI is InChI=1S/C5H8OS/c6-3-5-1-2-7-4-5/h4,6H,1-3H2. The predicted octanol–water partition coefficient (Wildman–Crippen LogP) is 1.000. The van der Waals surface area contributed by atoms with Gasteiger partial charge in [0.1, 0.15) is 0 Å². The Morgan fingerprint density at radius 3 is 3.00 bits per heavy atom. The normalized spacial score (nSPS) is 19.9. The van der Waals surface area contributed by atoms with E-state index in [1.54, 1.807) is 11.8 Å². The van der Waals surface area contributed by atoms with Crippen LogP contribution >= 0.6 is 11.8 Å². The molecule has 0 atom stereocenters. The molecule has 0 aromatic rings. The Balaban J connectivity index is 2.36. The summed E-state index contributed by atoms with van der Waals surface area (Å²) in [4.78, 5) is 0. The fourth-order valence-corrected chi connectivity index (χ4v) is 1.47. The summed E-state index contributed by atoms with van der Waals surface area (Å²) in [5, 5.41) is 10.5. The van der Waals surface area contributed by atoms with E-state index in [1.807, 2.05) is 5.41 Å². The maximum absolute atomic E-state index is 8.48. The van der Waals surface area contributed by atoms with Crippen molar-refractivity contribution in [1.29, 1.82) is 0 Å². The van der Waals surface area contributed by atoms with Gasteiger partial charge in [0.2, 0.25) is 0 Å². The third-order valence-electron chi connectivity index (χ3n) is 0.994. The smallest absolute Gasteiger partial charge is 0.0650 e. The van der Waals surface area contributed by atoms with E-state index in [0.29, 0.717) is 0 Å². The van der Waals surface area contributed by atoms with Crippen LogP contribution in [0.5, 0.6) is 0 Å². The van der Waals surface area contributed by atoms with E-state index in [0.717, 1.165) is 12.2 Å². The average Bonchev–Trinajstić information content (AvgIpc) is 2.14. The molecule has 40 valence electrons. The first-order valence-electron chi connectivity index (χ1n) is 2.34. The summed E-state index contributed by atoms with van der Waals surface area (Å²) in [5.74, 6) is 1.16. The van der Waals surface area contributed by atoms with Gasteiger partial charge in [0, 0.05) is 5.75 Å². The van der Waals surface area contributed by atoms with Crippen molar-refractivity contribution < 1.29 is 5.11 Å². The lowest BCUT2D eigenvalue weighted by Gasteiger charge is -1.87. The van der Waals surface area contributed by atoms with E-state index >= 15 is 0 Å². The molecule has 1 rings (SSSR count). The maximum atomic E-state index is 8.48. The van der Waals surface area contributed by atoms with Crippen LogP contribution < -0.4 is 0 Å². The number of aliphatic hydroxyl groups excluding tert-OH is 1. The molecule has 0 saturated heterocycles. The van der Waals surface area contributed by atoms with Gasteiger partial charge in [-0.15, -0.1) is 11.8 Å². The molecule has 0 unspecified atom stereocenters. The Kier molecular flexibility index (Phi) is 1.77. The molecule has 1 N–H and O–H groups in total. The SMILES string of the molecule is OCC1=CSCC1. The minimum atomic E-state index is 0.257. The molecular weight excluding hydrogens is 108 g/mol. The van der Waals surface area contributed by atoms with Crippen molar-refractivity contribution in [3.8, 4) is 0 Å². The molecule has 7 heavy (non-hydrogen) atoms. The number of thioether (sulfide) groups is 1. The highest BCUT2D eigenvalue weighted by Gasteiger charge is 2.00. The minimum Gasteiger partial charge on any atom is -0.392 e. The van der Waals surface area contributed by atoms with E-state index in [9.17, 15) is 0 Å². The van der Waals surface area contributed by atoms with E-state index in [4.69, 9.17) is 5.11 Å². The van der Waals surface area contributed by atoms with Crippen molar-refractivity contribution in [1.82, 2.24) is 0 Å². The summed E-state index contributed by atoms with van der Waals surface area (Å²) in [6.45, 7) is 0.257. The van der Waals surface area contributed by atoms with Gasteiger partial charge in [0.05, 0.1) is 6.61 Å². The fraction of sp³-hybridized carbons (Fsp3) is 0.600. The number of aliphatic hydroxyl groups is 1. The van der Waals surface area contributed by atoms with Crippen LogP contribution in [0.4, 0.5) is 0 Å². The monoisotopic (exact) mass is 116 g/mol. The highest BCUT2D eigenvalue weighted by molar-refractivity contribution is 8.02. The van der Waals surface area contributed by atoms with Crippen molar-refractivity contribution in [3.63, 3.8) is 0 Å². The van der Waals surface area contributed by atoms with Gasteiger partial charge in [-0.1, -0.05) is 0 Å². The van der Waals surface area contributed by atoms with Crippen LogP contribution in [0.15, 0.2) is 11.0 Å². The molecule has 0 aromatic heterocycles. The van der Waals surface area contributed by atoms with E-state index in [1.165, 1.54) is 5.57 Å². The van der Waals surface area contributed by atoms with Gasteiger partial charge in [-0.3, -0.25) is 0 Å². The van der Waals surface area contributed by atoms with Crippen LogP contribution in [0.2, 0.25) is 0 Å². The molecule has 1 aliphatic heterocycles. The first kappa shape index (κ1) is 5.19. The second-order valence-electron chi connectivity index (χ2n) is 1.56. The van der Waals surface area contributed by atoms with Gasteiger partial charge in [0.15, 0.2) is 0 Å². The molecule has 0 saturated carbocycles. The highest BCUT2D eigenvalue weighted by atomic mass is 32.2. The van der Waals surface area contributed by atoms with E-state index in [2.05, 4.69) is 0 Å². The molecule has 2 heteroatoms. The largest absolute Gasteiger partial charge is 0.392 e. The lowest BCUT2D eigenvalue weighted by molar-refractivity contribution is 0.329. The molecule has 0 fully saturated rings. The van der Waals surface area contributed by atoms with E-state index < -0.39 is 0 Å². The predicted molar refractivity (Wildman–Crippen MR) is 32.2 cm³/mol. The molecule has 0 aliphatic carbocycles. The van der Waals surface area contributed by atoms with Gasteiger partial charge in [-0.2, -0.15) is 0 Å². The van der Waals surface area contributed by atoms with Crippen LogP contribution in [0, 0.1) is 0 Å². The summed E-state index contributed by atoms with van der Waals surface area (Å²) in [5.41, 5.74) is 1.19. The Bertz CT molecular complexity index is 88.1. The molecule has 1 heterocycles. The van der Waals surface area contributed by atoms with Crippen LogP contribution in [-0.4, -0.2) is 17.5 Å². The maximum Gasteiger partial charge on any atom is 0.0650 e. The van der Waals surface area contributed by atoms with Crippen LogP contribution in [0.3, 0.4) is 0 Å². The van der Waals surface area contributed by atoms with Crippen LogP contribution in [0.1, 0.15) is 6.42 Å². The summed E-state index contributed by atoms with van der Waals surface area (Å²) in [7, 11) is 0. The Morgan fingerprint density at radius 1 is 1.86 bits per heavy atom. The van der Waals surface area contributed by atoms with Gasteiger partial charge in [-0.25, -0.2) is 0 Å². The van der Waals surface area contributed by atoms with Crippen LogP contribution in [0.25, 0.3) is 0 Å². The molecular formula is C5H8OS. The quantitative estimate of drug-likeness (QED) is 0.551. The molecule has 1 aliphatic rings. The lowest BCUT2D eigenvalue weighted by atomic mass is 10.3. The number of hydrogen-bond donors (Lipinski definition) is 1.